The largest absolute Gasteiger partial charge is 0.354 e. The Balaban J connectivity index is 1.50. The first-order chi connectivity index (χ1) is 20.3. The zero-order valence-corrected chi connectivity index (χ0v) is 22.5. The molecule has 6 aromatic carbocycles. The van der Waals surface area contributed by atoms with Crippen molar-refractivity contribution < 1.29 is 0 Å². The third kappa shape index (κ3) is 4.66. The fraction of sp³-hybridized carbons (Fsp3) is 0. The Kier molecular flexibility index (Phi) is 6.35. The molecule has 2 N–H and O–H groups in total. The van der Waals surface area contributed by atoms with Crippen LogP contribution in [0, 0.1) is 5.41 Å². The van der Waals surface area contributed by atoms with Crippen LogP contribution in [0.3, 0.4) is 0 Å². The maximum atomic E-state index is 9.81. The first kappa shape index (κ1) is 24.6. The smallest absolute Gasteiger partial charge is 0.0717 e. The van der Waals surface area contributed by atoms with E-state index in [0.717, 1.165) is 66.7 Å². The van der Waals surface area contributed by atoms with Gasteiger partial charge in [-0.1, -0.05) is 146 Å². The molecule has 2 heteroatoms. The second kappa shape index (κ2) is 10.6. The van der Waals surface area contributed by atoms with Crippen molar-refractivity contribution >= 4 is 39.5 Å². The molecule has 0 spiro atoms. The molecule has 194 valence electrons. The van der Waals surface area contributed by atoms with Gasteiger partial charge in [-0.2, -0.15) is 0 Å². The molecule has 41 heavy (non-hydrogen) atoms. The molecule has 6 aromatic rings. The van der Waals surface area contributed by atoms with Crippen LogP contribution in [-0.2, 0) is 0 Å². The number of benzene rings is 6. The average molecular weight is 525 g/mol. The molecule has 0 atom stereocenters. The van der Waals surface area contributed by atoms with Crippen LogP contribution in [0.4, 0.5) is 0 Å². The van der Waals surface area contributed by atoms with E-state index >= 15 is 0 Å². The standard InChI is InChI=1S/C39H28N2/c40-38(35-24-12-19-28-15-7-9-22-33(28)35)37(32-21-11-20-30(25-32)27-13-3-1-4-14-27)39-34-23-10-8-18-31(34)26-36(41-39)29-16-5-2-6-17-29/h1-26,40-41H/b39-37-,40-38?. The zero-order chi connectivity index (χ0) is 27.6. The van der Waals surface area contributed by atoms with Crippen molar-refractivity contribution in [2.24, 2.45) is 0 Å². The summed E-state index contributed by atoms with van der Waals surface area (Å²) in [5, 5.41) is 15.8. The number of allylic oxidation sites excluding steroid dienone is 1. The lowest BCUT2D eigenvalue weighted by atomic mass is 9.86. The van der Waals surface area contributed by atoms with E-state index in [1.807, 2.05) is 30.3 Å². The van der Waals surface area contributed by atoms with Crippen molar-refractivity contribution in [2.45, 2.75) is 0 Å². The molecule has 2 nitrogen and oxygen atoms in total. The molecular weight excluding hydrogens is 496 g/mol. The van der Waals surface area contributed by atoms with Gasteiger partial charge in [0.05, 0.1) is 11.4 Å². The lowest BCUT2D eigenvalue weighted by Crippen LogP contribution is -2.20. The van der Waals surface area contributed by atoms with Gasteiger partial charge < -0.3 is 5.32 Å². The van der Waals surface area contributed by atoms with Gasteiger partial charge in [0.2, 0.25) is 0 Å². The van der Waals surface area contributed by atoms with E-state index in [9.17, 15) is 5.41 Å². The summed E-state index contributed by atoms with van der Waals surface area (Å²) in [7, 11) is 0. The fourth-order valence-electron chi connectivity index (χ4n) is 5.69. The SMILES string of the molecule is N=C(/C(=C1\NC(c2ccccc2)=Cc2ccccc21)c1cccc(-c2ccccc2)c1)c1cccc2ccccc12. The Morgan fingerprint density at radius 3 is 2.00 bits per heavy atom. The van der Waals surface area contributed by atoms with Gasteiger partial charge in [-0.15, -0.1) is 0 Å². The van der Waals surface area contributed by atoms with Crippen LogP contribution in [0.1, 0.15) is 27.8 Å². The third-order valence-electron chi connectivity index (χ3n) is 7.69. The third-order valence-corrected chi connectivity index (χ3v) is 7.69. The van der Waals surface area contributed by atoms with Crippen molar-refractivity contribution in [3.8, 4) is 11.1 Å². The summed E-state index contributed by atoms with van der Waals surface area (Å²) in [4.78, 5) is 0. The fourth-order valence-corrected chi connectivity index (χ4v) is 5.69. The van der Waals surface area contributed by atoms with Gasteiger partial charge in [-0.3, -0.25) is 5.41 Å². The summed E-state index contributed by atoms with van der Waals surface area (Å²) in [5.74, 6) is 0. The number of hydrogen-bond donors (Lipinski definition) is 2. The molecule has 0 amide bonds. The Hall–Kier alpha value is -5.47. The summed E-state index contributed by atoms with van der Waals surface area (Å²) in [6.07, 6.45) is 2.20. The van der Waals surface area contributed by atoms with Crippen LogP contribution in [0.25, 0.3) is 44.9 Å². The van der Waals surface area contributed by atoms with Gasteiger partial charge in [0.1, 0.15) is 0 Å². The molecule has 0 fully saturated rings. The summed E-state index contributed by atoms with van der Waals surface area (Å²) >= 11 is 0. The minimum Gasteiger partial charge on any atom is -0.354 e. The molecule has 1 heterocycles. The average Bonchev–Trinajstić information content (AvgIpc) is 3.05. The van der Waals surface area contributed by atoms with Crippen molar-refractivity contribution in [3.05, 3.63) is 179 Å². The van der Waals surface area contributed by atoms with Gasteiger partial charge in [-0.05, 0) is 50.7 Å². The topological polar surface area (TPSA) is 35.9 Å². The van der Waals surface area contributed by atoms with Gasteiger partial charge in [0.25, 0.3) is 0 Å². The summed E-state index contributed by atoms with van der Waals surface area (Å²) in [6.45, 7) is 0. The van der Waals surface area contributed by atoms with Crippen LogP contribution in [0.15, 0.2) is 152 Å². The van der Waals surface area contributed by atoms with Crippen molar-refractivity contribution in [3.63, 3.8) is 0 Å². The molecule has 0 aromatic heterocycles. The van der Waals surface area contributed by atoms with E-state index in [4.69, 9.17) is 0 Å². The minimum absolute atomic E-state index is 0.485. The molecule has 0 radical (unpaired) electrons. The van der Waals surface area contributed by atoms with E-state index in [1.54, 1.807) is 0 Å². The predicted octanol–water partition coefficient (Wildman–Crippen LogP) is 9.54. The van der Waals surface area contributed by atoms with E-state index < -0.39 is 0 Å². The molecule has 0 aliphatic carbocycles. The van der Waals surface area contributed by atoms with Gasteiger partial charge in [0.15, 0.2) is 0 Å². The van der Waals surface area contributed by atoms with Crippen molar-refractivity contribution in [1.29, 1.82) is 5.41 Å². The Labute approximate surface area is 240 Å². The quantitative estimate of drug-likeness (QED) is 0.216. The van der Waals surface area contributed by atoms with Crippen LogP contribution in [0.5, 0.6) is 0 Å². The Bertz CT molecular complexity index is 1960. The number of fused-ring (bicyclic) bond motifs is 2. The second-order valence-electron chi connectivity index (χ2n) is 10.2. The van der Waals surface area contributed by atoms with E-state index in [1.165, 1.54) is 0 Å². The molecule has 0 bridgehead atoms. The van der Waals surface area contributed by atoms with Crippen LogP contribution >= 0.6 is 0 Å². The number of hydrogen-bond acceptors (Lipinski definition) is 2. The molecule has 7 rings (SSSR count). The monoisotopic (exact) mass is 524 g/mol. The predicted molar refractivity (Wildman–Crippen MR) is 173 cm³/mol. The van der Waals surface area contributed by atoms with E-state index in [0.29, 0.717) is 5.71 Å². The normalized spacial score (nSPS) is 13.6. The number of rotatable bonds is 5. The molecule has 0 unspecified atom stereocenters. The minimum atomic E-state index is 0.485. The second-order valence-corrected chi connectivity index (χ2v) is 10.2. The summed E-state index contributed by atoms with van der Waals surface area (Å²) in [6, 6.07) is 52.4. The summed E-state index contributed by atoms with van der Waals surface area (Å²) in [5.41, 5.74) is 10.8. The first-order valence-corrected chi connectivity index (χ1v) is 13.9. The van der Waals surface area contributed by atoms with Gasteiger partial charge in [-0.25, -0.2) is 0 Å². The zero-order valence-electron chi connectivity index (χ0n) is 22.5. The van der Waals surface area contributed by atoms with Crippen LogP contribution in [-0.4, -0.2) is 5.71 Å². The maximum absolute atomic E-state index is 9.81. The lowest BCUT2D eigenvalue weighted by Gasteiger charge is -2.26. The highest BCUT2D eigenvalue weighted by Gasteiger charge is 2.24. The van der Waals surface area contributed by atoms with Gasteiger partial charge in [0, 0.05) is 22.4 Å². The van der Waals surface area contributed by atoms with Crippen molar-refractivity contribution in [1.82, 2.24) is 5.32 Å². The molecule has 0 saturated carbocycles. The molecule has 0 saturated heterocycles. The van der Waals surface area contributed by atoms with Crippen LogP contribution < -0.4 is 5.32 Å². The molecule has 1 aliphatic heterocycles. The van der Waals surface area contributed by atoms with Crippen LogP contribution in [0.2, 0.25) is 0 Å². The number of nitrogens with one attached hydrogen (secondary N) is 2. The molecular formula is C39H28N2. The van der Waals surface area contributed by atoms with Crippen molar-refractivity contribution in [2.75, 3.05) is 0 Å². The van der Waals surface area contributed by atoms with E-state index in [2.05, 4.69) is 133 Å². The summed E-state index contributed by atoms with van der Waals surface area (Å²) < 4.78 is 0. The van der Waals surface area contributed by atoms with E-state index in [-0.39, 0.29) is 0 Å². The Morgan fingerprint density at radius 2 is 1.17 bits per heavy atom. The maximum Gasteiger partial charge on any atom is 0.0717 e. The molecule has 1 aliphatic rings. The first-order valence-electron chi connectivity index (χ1n) is 13.9. The highest BCUT2D eigenvalue weighted by atomic mass is 14.9. The highest BCUT2D eigenvalue weighted by molar-refractivity contribution is 6.38. The van der Waals surface area contributed by atoms with Gasteiger partial charge >= 0.3 is 0 Å². The lowest BCUT2D eigenvalue weighted by molar-refractivity contribution is 1.22. The highest BCUT2D eigenvalue weighted by Crippen LogP contribution is 2.38. The Morgan fingerprint density at radius 1 is 0.537 bits per heavy atom.